The normalized spacial score (nSPS) is 10.6. The van der Waals surface area contributed by atoms with Crippen molar-refractivity contribution < 1.29 is 9.90 Å². The van der Waals surface area contributed by atoms with Gasteiger partial charge >= 0.3 is 5.97 Å². The van der Waals surface area contributed by atoms with Crippen LogP contribution >= 0.6 is 11.6 Å². The fourth-order valence-electron chi connectivity index (χ4n) is 2.35. The number of aromatic carboxylic acids is 1. The first kappa shape index (κ1) is 14.4. The maximum Gasteiger partial charge on any atom is 0.355 e. The van der Waals surface area contributed by atoms with Gasteiger partial charge in [0.25, 0.3) is 0 Å². The van der Waals surface area contributed by atoms with E-state index in [-0.39, 0.29) is 10.8 Å². The summed E-state index contributed by atoms with van der Waals surface area (Å²) in [7, 11) is 0. The second-order valence-electron chi connectivity index (χ2n) is 4.82. The molecule has 3 aromatic rings. The van der Waals surface area contributed by atoms with Crippen LogP contribution < -0.4 is 0 Å². The number of imidazole rings is 1. The van der Waals surface area contributed by atoms with Gasteiger partial charge in [-0.2, -0.15) is 0 Å². The predicted octanol–water partition coefficient (Wildman–Crippen LogP) is 3.95. The number of carbonyl (C=O) groups is 1. The molecule has 0 unspecified atom stereocenters. The lowest BCUT2D eigenvalue weighted by molar-refractivity contribution is 0.0686. The largest absolute Gasteiger partial charge is 0.476 e. The summed E-state index contributed by atoms with van der Waals surface area (Å²) in [5.74, 6) is -0.539. The number of carboxylic acid groups (broad SMARTS) is 1. The summed E-state index contributed by atoms with van der Waals surface area (Å²) >= 11 is 6.05. The molecule has 1 N–H and O–H groups in total. The van der Waals surface area contributed by atoms with Crippen molar-refractivity contribution in [1.29, 1.82) is 0 Å². The van der Waals surface area contributed by atoms with Crippen molar-refractivity contribution in [2.45, 2.75) is 6.54 Å². The summed E-state index contributed by atoms with van der Waals surface area (Å²) in [5, 5.41) is 9.44. The topological polar surface area (TPSA) is 55.1 Å². The van der Waals surface area contributed by atoms with E-state index in [9.17, 15) is 9.90 Å². The van der Waals surface area contributed by atoms with Gasteiger partial charge in [0.15, 0.2) is 10.8 Å². The molecule has 0 atom stereocenters. The van der Waals surface area contributed by atoms with Gasteiger partial charge < -0.3 is 9.67 Å². The van der Waals surface area contributed by atoms with Gasteiger partial charge in [-0.3, -0.25) is 0 Å². The highest BCUT2D eigenvalue weighted by Gasteiger charge is 2.22. The molecular weight excluding hydrogens is 300 g/mol. The van der Waals surface area contributed by atoms with Crippen LogP contribution in [0.2, 0.25) is 5.15 Å². The minimum absolute atomic E-state index is 0.00211. The van der Waals surface area contributed by atoms with E-state index in [2.05, 4.69) is 4.98 Å². The van der Waals surface area contributed by atoms with E-state index in [0.29, 0.717) is 12.4 Å². The van der Waals surface area contributed by atoms with Crippen molar-refractivity contribution in [3.05, 3.63) is 77.1 Å². The van der Waals surface area contributed by atoms with Gasteiger partial charge in [0.2, 0.25) is 0 Å². The number of hydrogen-bond donors (Lipinski definition) is 1. The monoisotopic (exact) mass is 312 g/mol. The Morgan fingerprint density at radius 1 is 1.05 bits per heavy atom. The minimum atomic E-state index is -1.09. The van der Waals surface area contributed by atoms with E-state index < -0.39 is 5.97 Å². The van der Waals surface area contributed by atoms with Crippen LogP contribution in [0.15, 0.2) is 60.7 Å². The van der Waals surface area contributed by atoms with Gasteiger partial charge in [0, 0.05) is 12.1 Å². The Morgan fingerprint density at radius 3 is 2.23 bits per heavy atom. The van der Waals surface area contributed by atoms with Crippen molar-refractivity contribution >= 4 is 17.6 Å². The molecule has 0 fully saturated rings. The molecule has 0 spiro atoms. The fourth-order valence-corrected chi connectivity index (χ4v) is 2.62. The number of rotatable bonds is 4. The fraction of sp³-hybridized carbons (Fsp3) is 0.0588. The Balaban J connectivity index is 2.15. The lowest BCUT2D eigenvalue weighted by atomic mass is 10.2. The van der Waals surface area contributed by atoms with Crippen LogP contribution in [0.3, 0.4) is 0 Å². The molecule has 4 nitrogen and oxygen atoms in total. The maximum atomic E-state index is 11.5. The van der Waals surface area contributed by atoms with Crippen LogP contribution in [-0.2, 0) is 6.54 Å². The third-order valence-electron chi connectivity index (χ3n) is 3.34. The zero-order valence-corrected chi connectivity index (χ0v) is 12.4. The first-order valence-corrected chi connectivity index (χ1v) is 7.13. The van der Waals surface area contributed by atoms with Gasteiger partial charge in [-0.05, 0) is 5.56 Å². The van der Waals surface area contributed by atoms with Gasteiger partial charge in [-0.15, -0.1) is 0 Å². The third-order valence-corrected chi connectivity index (χ3v) is 3.61. The highest BCUT2D eigenvalue weighted by atomic mass is 35.5. The smallest absolute Gasteiger partial charge is 0.355 e. The molecular formula is C17H13ClN2O2. The van der Waals surface area contributed by atoms with Crippen LogP contribution in [0.25, 0.3) is 11.4 Å². The Hall–Kier alpha value is -2.59. The molecule has 110 valence electrons. The Bertz CT molecular complexity index is 798. The van der Waals surface area contributed by atoms with Crippen LogP contribution in [-0.4, -0.2) is 20.6 Å². The maximum absolute atomic E-state index is 11.5. The molecule has 0 aliphatic carbocycles. The molecule has 0 aliphatic heterocycles. The van der Waals surface area contributed by atoms with Crippen LogP contribution in [0.5, 0.6) is 0 Å². The predicted molar refractivity (Wildman–Crippen MR) is 85.2 cm³/mol. The Labute approximate surface area is 132 Å². The molecule has 0 aliphatic rings. The van der Waals surface area contributed by atoms with Crippen molar-refractivity contribution in [3.8, 4) is 11.4 Å². The number of aromatic nitrogens is 2. The lowest BCUT2D eigenvalue weighted by Gasteiger charge is -2.10. The second kappa shape index (κ2) is 6.03. The van der Waals surface area contributed by atoms with Crippen molar-refractivity contribution in [1.82, 2.24) is 9.55 Å². The molecule has 0 bridgehead atoms. The van der Waals surface area contributed by atoms with E-state index in [0.717, 1.165) is 11.1 Å². The summed E-state index contributed by atoms with van der Waals surface area (Å²) < 4.78 is 1.63. The van der Waals surface area contributed by atoms with Crippen LogP contribution in [0.1, 0.15) is 16.1 Å². The molecule has 0 saturated heterocycles. The molecule has 3 rings (SSSR count). The lowest BCUT2D eigenvalue weighted by Crippen LogP contribution is -2.11. The standard InChI is InChI=1S/C17H13ClN2O2/c18-15-14(17(21)22)20(11-12-7-3-1-4-8-12)16(19-15)13-9-5-2-6-10-13/h1-10H,11H2,(H,21,22). The van der Waals surface area contributed by atoms with Gasteiger partial charge in [0.1, 0.15) is 5.82 Å². The van der Waals surface area contributed by atoms with Gasteiger partial charge in [-0.1, -0.05) is 72.3 Å². The molecule has 5 heteroatoms. The quantitative estimate of drug-likeness (QED) is 0.793. The van der Waals surface area contributed by atoms with Crippen molar-refractivity contribution in [2.75, 3.05) is 0 Å². The summed E-state index contributed by atoms with van der Waals surface area (Å²) in [6.45, 7) is 0.395. The summed E-state index contributed by atoms with van der Waals surface area (Å²) in [6.07, 6.45) is 0. The Kier molecular flexibility index (Phi) is 3.94. The summed E-state index contributed by atoms with van der Waals surface area (Å²) in [5.41, 5.74) is 1.81. The average Bonchev–Trinajstić information content (AvgIpc) is 2.86. The van der Waals surface area contributed by atoms with Crippen LogP contribution in [0, 0.1) is 0 Å². The van der Waals surface area contributed by atoms with E-state index in [4.69, 9.17) is 11.6 Å². The third kappa shape index (κ3) is 2.73. The van der Waals surface area contributed by atoms with Crippen molar-refractivity contribution in [2.24, 2.45) is 0 Å². The van der Waals surface area contributed by atoms with Crippen LogP contribution in [0.4, 0.5) is 0 Å². The molecule has 1 heterocycles. The molecule has 22 heavy (non-hydrogen) atoms. The minimum Gasteiger partial charge on any atom is -0.476 e. The SMILES string of the molecule is O=C(O)c1c(Cl)nc(-c2ccccc2)n1Cc1ccccc1. The summed E-state index contributed by atoms with van der Waals surface area (Å²) in [4.78, 5) is 15.8. The average molecular weight is 313 g/mol. The van der Waals surface area contributed by atoms with E-state index in [1.807, 2.05) is 60.7 Å². The molecule has 0 amide bonds. The first-order valence-electron chi connectivity index (χ1n) is 6.75. The highest BCUT2D eigenvalue weighted by Crippen LogP contribution is 2.26. The zero-order valence-electron chi connectivity index (χ0n) is 11.6. The van der Waals surface area contributed by atoms with Gasteiger partial charge in [-0.25, -0.2) is 9.78 Å². The number of nitrogens with zero attached hydrogens (tertiary/aromatic N) is 2. The summed E-state index contributed by atoms with van der Waals surface area (Å²) in [6, 6.07) is 19.0. The van der Waals surface area contributed by atoms with E-state index in [1.165, 1.54) is 0 Å². The number of halogens is 1. The van der Waals surface area contributed by atoms with E-state index in [1.54, 1.807) is 4.57 Å². The molecule has 0 saturated carbocycles. The molecule has 0 radical (unpaired) electrons. The molecule has 2 aromatic carbocycles. The number of carboxylic acids is 1. The number of hydrogen-bond acceptors (Lipinski definition) is 2. The Morgan fingerprint density at radius 2 is 1.64 bits per heavy atom. The van der Waals surface area contributed by atoms with Gasteiger partial charge in [0.05, 0.1) is 0 Å². The highest BCUT2D eigenvalue weighted by molar-refractivity contribution is 6.32. The first-order chi connectivity index (χ1) is 10.7. The zero-order chi connectivity index (χ0) is 15.5. The second-order valence-corrected chi connectivity index (χ2v) is 5.18. The van der Waals surface area contributed by atoms with Crippen molar-refractivity contribution in [3.63, 3.8) is 0 Å². The number of benzene rings is 2. The molecule has 1 aromatic heterocycles. The van der Waals surface area contributed by atoms with E-state index >= 15 is 0 Å².